The number of rotatable bonds is 4. The smallest absolute Gasteiger partial charge is 0.236 e. The molecule has 2 fully saturated rings. The summed E-state index contributed by atoms with van der Waals surface area (Å²) in [6, 6.07) is 6.51. The number of halogens is 1. The first-order valence-corrected chi connectivity index (χ1v) is 9.77. The van der Waals surface area contributed by atoms with E-state index in [-0.39, 0.29) is 17.6 Å². The predicted molar refractivity (Wildman–Crippen MR) is 102 cm³/mol. The predicted octanol–water partition coefficient (Wildman–Crippen LogP) is 3.08. The van der Waals surface area contributed by atoms with Crippen LogP contribution in [0.3, 0.4) is 0 Å². The Morgan fingerprint density at radius 3 is 2.74 bits per heavy atom. The fraction of sp³-hybridized carbons (Fsp3) is 0.476. The molecule has 1 aromatic carbocycles. The van der Waals surface area contributed by atoms with Crippen LogP contribution in [0.25, 0.3) is 11.3 Å². The molecular formula is C21H25FN4O. The van der Waals surface area contributed by atoms with Crippen molar-refractivity contribution in [2.45, 2.75) is 31.6 Å². The van der Waals surface area contributed by atoms with Crippen molar-refractivity contribution in [3.05, 3.63) is 48.2 Å². The van der Waals surface area contributed by atoms with E-state index in [4.69, 9.17) is 0 Å². The number of benzene rings is 1. The standard InChI is InChI=1S/C21H25FN4O/c22-18-7-3-5-16(13-18)20-21(24-9-8-23-20)17-6-4-10-25(14-17)15-19(27)26-11-1-2-12-26/h3,5,7-9,13,17H,1-2,4,6,10-12,14-15H2/t17-/m0/s1. The van der Waals surface area contributed by atoms with E-state index in [2.05, 4.69) is 14.9 Å². The summed E-state index contributed by atoms with van der Waals surface area (Å²) in [5, 5.41) is 0. The summed E-state index contributed by atoms with van der Waals surface area (Å²) in [5.74, 6) is 0.167. The summed E-state index contributed by atoms with van der Waals surface area (Å²) in [5.41, 5.74) is 2.40. The van der Waals surface area contributed by atoms with E-state index in [1.807, 2.05) is 11.0 Å². The Morgan fingerprint density at radius 1 is 1.11 bits per heavy atom. The molecule has 2 saturated heterocycles. The SMILES string of the molecule is O=C(CN1CCC[C@H](c2nccnc2-c2cccc(F)c2)C1)N1CCCC1. The number of amides is 1. The third-order valence-electron chi connectivity index (χ3n) is 5.53. The molecule has 0 bridgehead atoms. The molecule has 0 N–H and O–H groups in total. The number of nitrogens with zero attached hydrogens (tertiary/aromatic N) is 4. The maximum atomic E-state index is 13.7. The molecule has 2 aromatic rings. The summed E-state index contributed by atoms with van der Waals surface area (Å²) in [6.07, 6.45) is 7.62. The van der Waals surface area contributed by atoms with Crippen molar-refractivity contribution in [1.82, 2.24) is 19.8 Å². The van der Waals surface area contributed by atoms with E-state index in [1.165, 1.54) is 12.1 Å². The first-order valence-electron chi connectivity index (χ1n) is 9.77. The van der Waals surface area contributed by atoms with Gasteiger partial charge < -0.3 is 4.90 Å². The normalized spacial score (nSPS) is 20.8. The highest BCUT2D eigenvalue weighted by Gasteiger charge is 2.28. The fourth-order valence-corrected chi connectivity index (χ4v) is 4.19. The minimum atomic E-state index is -0.273. The van der Waals surface area contributed by atoms with Crippen LogP contribution in [0.2, 0.25) is 0 Å². The van der Waals surface area contributed by atoms with Gasteiger partial charge in [-0.25, -0.2) is 4.39 Å². The maximum Gasteiger partial charge on any atom is 0.236 e. The number of hydrogen-bond acceptors (Lipinski definition) is 4. The van der Waals surface area contributed by atoms with E-state index >= 15 is 0 Å². The molecule has 6 heteroatoms. The first kappa shape index (κ1) is 18.0. The summed E-state index contributed by atoms with van der Waals surface area (Å²) in [6.45, 7) is 3.99. The van der Waals surface area contributed by atoms with Gasteiger partial charge in [-0.2, -0.15) is 0 Å². The van der Waals surface area contributed by atoms with Crippen LogP contribution in [0.5, 0.6) is 0 Å². The first-order chi connectivity index (χ1) is 13.2. The Kier molecular flexibility index (Phi) is 5.43. The number of hydrogen-bond donors (Lipinski definition) is 0. The molecule has 0 spiro atoms. The lowest BCUT2D eigenvalue weighted by molar-refractivity contribution is -0.131. The number of likely N-dealkylation sites (tertiary alicyclic amines) is 2. The molecule has 0 aliphatic carbocycles. The van der Waals surface area contributed by atoms with Crippen molar-refractivity contribution < 1.29 is 9.18 Å². The van der Waals surface area contributed by atoms with Crippen molar-refractivity contribution in [2.24, 2.45) is 0 Å². The lowest BCUT2D eigenvalue weighted by Gasteiger charge is -2.33. The fourth-order valence-electron chi connectivity index (χ4n) is 4.19. The zero-order chi connectivity index (χ0) is 18.6. The molecule has 142 valence electrons. The third-order valence-corrected chi connectivity index (χ3v) is 5.53. The Bertz CT molecular complexity index is 806. The quantitative estimate of drug-likeness (QED) is 0.832. The van der Waals surface area contributed by atoms with E-state index < -0.39 is 0 Å². The Labute approximate surface area is 159 Å². The number of piperidine rings is 1. The summed E-state index contributed by atoms with van der Waals surface area (Å²) >= 11 is 0. The van der Waals surface area contributed by atoms with Gasteiger partial charge in [0.05, 0.1) is 17.9 Å². The van der Waals surface area contributed by atoms with Crippen LogP contribution in [0.15, 0.2) is 36.7 Å². The molecule has 27 heavy (non-hydrogen) atoms. The Balaban J connectivity index is 1.51. The molecule has 4 rings (SSSR count). The van der Waals surface area contributed by atoms with Gasteiger partial charge in [-0.1, -0.05) is 12.1 Å². The third kappa shape index (κ3) is 4.16. The molecule has 5 nitrogen and oxygen atoms in total. The van der Waals surface area contributed by atoms with E-state index in [9.17, 15) is 9.18 Å². The highest BCUT2D eigenvalue weighted by molar-refractivity contribution is 5.78. The van der Waals surface area contributed by atoms with Crippen molar-refractivity contribution in [2.75, 3.05) is 32.7 Å². The van der Waals surface area contributed by atoms with Gasteiger partial charge in [-0.3, -0.25) is 19.7 Å². The molecule has 2 aliphatic rings. The second-order valence-electron chi connectivity index (χ2n) is 7.46. The zero-order valence-electron chi connectivity index (χ0n) is 15.5. The summed E-state index contributed by atoms with van der Waals surface area (Å²) in [7, 11) is 0. The molecule has 1 amide bonds. The van der Waals surface area contributed by atoms with Gasteiger partial charge in [0.15, 0.2) is 0 Å². The van der Waals surface area contributed by atoms with Crippen LogP contribution in [0.4, 0.5) is 4.39 Å². The molecule has 0 unspecified atom stereocenters. The van der Waals surface area contributed by atoms with Crippen LogP contribution in [-0.4, -0.2) is 58.4 Å². The molecular weight excluding hydrogens is 343 g/mol. The van der Waals surface area contributed by atoms with Gasteiger partial charge in [0, 0.05) is 43.5 Å². The zero-order valence-corrected chi connectivity index (χ0v) is 15.5. The van der Waals surface area contributed by atoms with Crippen molar-refractivity contribution in [3.63, 3.8) is 0 Å². The van der Waals surface area contributed by atoms with Gasteiger partial charge in [-0.05, 0) is 44.4 Å². The van der Waals surface area contributed by atoms with Gasteiger partial charge in [-0.15, -0.1) is 0 Å². The second kappa shape index (κ2) is 8.13. The topological polar surface area (TPSA) is 49.3 Å². The van der Waals surface area contributed by atoms with Crippen LogP contribution < -0.4 is 0 Å². The largest absolute Gasteiger partial charge is 0.342 e. The van der Waals surface area contributed by atoms with Crippen molar-refractivity contribution >= 4 is 5.91 Å². The van der Waals surface area contributed by atoms with E-state index in [0.29, 0.717) is 6.54 Å². The lowest BCUT2D eigenvalue weighted by atomic mass is 9.91. The van der Waals surface area contributed by atoms with Crippen LogP contribution in [0.1, 0.15) is 37.3 Å². The molecule has 0 saturated carbocycles. The monoisotopic (exact) mass is 368 g/mol. The molecule has 1 atom stereocenters. The number of carbonyl (C=O) groups excluding carboxylic acids is 1. The minimum absolute atomic E-state index is 0.206. The highest BCUT2D eigenvalue weighted by atomic mass is 19.1. The van der Waals surface area contributed by atoms with E-state index in [1.54, 1.807) is 18.5 Å². The van der Waals surface area contributed by atoms with Gasteiger partial charge in [0.2, 0.25) is 5.91 Å². The minimum Gasteiger partial charge on any atom is -0.342 e. The second-order valence-corrected chi connectivity index (χ2v) is 7.46. The summed E-state index contributed by atoms with van der Waals surface area (Å²) in [4.78, 5) is 25.8. The Hall–Kier alpha value is -2.34. The van der Waals surface area contributed by atoms with Crippen molar-refractivity contribution in [1.29, 1.82) is 0 Å². The van der Waals surface area contributed by atoms with Gasteiger partial charge in [0.1, 0.15) is 5.82 Å². The number of carbonyl (C=O) groups is 1. The molecule has 3 heterocycles. The van der Waals surface area contributed by atoms with Gasteiger partial charge in [0.25, 0.3) is 0 Å². The summed E-state index contributed by atoms with van der Waals surface area (Å²) < 4.78 is 13.7. The van der Waals surface area contributed by atoms with E-state index in [0.717, 1.165) is 68.8 Å². The van der Waals surface area contributed by atoms with Crippen molar-refractivity contribution in [3.8, 4) is 11.3 Å². The highest BCUT2D eigenvalue weighted by Crippen LogP contribution is 2.32. The molecule has 2 aliphatic heterocycles. The average molecular weight is 368 g/mol. The van der Waals surface area contributed by atoms with Crippen LogP contribution in [-0.2, 0) is 4.79 Å². The van der Waals surface area contributed by atoms with Crippen LogP contribution >= 0.6 is 0 Å². The van der Waals surface area contributed by atoms with Crippen LogP contribution in [0, 0.1) is 5.82 Å². The Morgan fingerprint density at radius 2 is 1.93 bits per heavy atom. The average Bonchev–Trinajstić information content (AvgIpc) is 3.23. The van der Waals surface area contributed by atoms with Gasteiger partial charge >= 0.3 is 0 Å². The maximum absolute atomic E-state index is 13.7. The lowest BCUT2D eigenvalue weighted by Crippen LogP contribution is -2.43. The number of aromatic nitrogens is 2. The molecule has 0 radical (unpaired) electrons. The molecule has 1 aromatic heterocycles.